The number of imidazole rings is 1. The summed E-state index contributed by atoms with van der Waals surface area (Å²) in [5, 5.41) is 13.8. The zero-order valence-corrected chi connectivity index (χ0v) is 27.5. The Balaban J connectivity index is 1.12. The van der Waals surface area contributed by atoms with Crippen LogP contribution in [0.1, 0.15) is 60.7 Å². The molecule has 6 rings (SSSR count). The van der Waals surface area contributed by atoms with Crippen LogP contribution in [-0.4, -0.2) is 85.8 Å². The SMILES string of the molecule is Cc1ccc(OCC(O)CNc2cc[nH]c(=O)c2-c2nc3cc4c(cc3[nH]2)CN(C2CCN(C(=O)OC(C)(C)C)CC2)C4=O)c(C)c1. The number of nitrogens with one attached hydrogen (secondary N) is 3. The van der Waals surface area contributed by atoms with Crippen LogP contribution in [0.15, 0.2) is 47.4 Å². The van der Waals surface area contributed by atoms with Gasteiger partial charge in [-0.1, -0.05) is 17.7 Å². The van der Waals surface area contributed by atoms with Crippen LogP contribution in [0, 0.1) is 13.8 Å². The second kappa shape index (κ2) is 12.7. The number of aryl methyl sites for hydroxylation is 2. The van der Waals surface area contributed by atoms with Crippen molar-refractivity contribution in [3.05, 3.63) is 75.2 Å². The summed E-state index contributed by atoms with van der Waals surface area (Å²) in [6, 6.07) is 11.3. The first-order chi connectivity index (χ1) is 22.4. The lowest BCUT2D eigenvalue weighted by Gasteiger charge is -2.37. The summed E-state index contributed by atoms with van der Waals surface area (Å²) in [5.41, 5.74) is 4.81. The average molecular weight is 643 g/mol. The van der Waals surface area contributed by atoms with E-state index in [1.54, 1.807) is 17.0 Å². The van der Waals surface area contributed by atoms with Crippen molar-refractivity contribution in [2.24, 2.45) is 0 Å². The highest BCUT2D eigenvalue weighted by atomic mass is 16.6. The Bertz CT molecular complexity index is 1870. The van der Waals surface area contributed by atoms with E-state index in [1.807, 2.05) is 63.8 Å². The number of aromatic nitrogens is 3. The van der Waals surface area contributed by atoms with Crippen molar-refractivity contribution in [3.63, 3.8) is 0 Å². The Morgan fingerprint density at radius 3 is 2.62 bits per heavy atom. The summed E-state index contributed by atoms with van der Waals surface area (Å²) in [6.45, 7) is 11.3. The molecule has 4 N–H and O–H groups in total. The number of aliphatic hydroxyl groups is 1. The van der Waals surface area contributed by atoms with Crippen molar-refractivity contribution >= 4 is 28.7 Å². The highest BCUT2D eigenvalue weighted by Gasteiger charge is 2.36. The number of rotatable bonds is 8. The molecule has 0 aliphatic carbocycles. The van der Waals surface area contributed by atoms with E-state index in [4.69, 9.17) is 14.5 Å². The lowest BCUT2D eigenvalue weighted by Crippen LogP contribution is -2.48. The molecule has 1 fully saturated rings. The summed E-state index contributed by atoms with van der Waals surface area (Å²) in [7, 11) is 0. The molecular formula is C35H42N6O6. The summed E-state index contributed by atoms with van der Waals surface area (Å²) >= 11 is 0. The molecule has 4 aromatic rings. The molecule has 47 heavy (non-hydrogen) atoms. The van der Waals surface area contributed by atoms with Gasteiger partial charge in [-0.15, -0.1) is 0 Å². The maximum absolute atomic E-state index is 13.5. The monoisotopic (exact) mass is 642 g/mol. The van der Waals surface area contributed by atoms with Crippen molar-refractivity contribution in [1.82, 2.24) is 24.8 Å². The molecule has 2 amide bonds. The van der Waals surface area contributed by atoms with Gasteiger partial charge in [0.1, 0.15) is 35.4 Å². The number of hydrogen-bond donors (Lipinski definition) is 4. The largest absolute Gasteiger partial charge is 0.491 e. The van der Waals surface area contributed by atoms with E-state index >= 15 is 0 Å². The molecular weight excluding hydrogens is 600 g/mol. The number of amides is 2. The zero-order chi connectivity index (χ0) is 33.5. The van der Waals surface area contributed by atoms with Crippen molar-refractivity contribution < 1.29 is 24.2 Å². The second-order valence-corrected chi connectivity index (χ2v) is 13.5. The van der Waals surface area contributed by atoms with E-state index in [2.05, 4.69) is 15.3 Å². The van der Waals surface area contributed by atoms with Crippen molar-refractivity contribution in [2.45, 2.75) is 71.8 Å². The number of carbonyl (C=O) groups excluding carboxylic acids is 2. The van der Waals surface area contributed by atoms with Crippen molar-refractivity contribution in [1.29, 1.82) is 0 Å². The van der Waals surface area contributed by atoms with Gasteiger partial charge in [-0.3, -0.25) is 9.59 Å². The Morgan fingerprint density at radius 2 is 1.89 bits per heavy atom. The van der Waals surface area contributed by atoms with Crippen LogP contribution in [0.3, 0.4) is 0 Å². The van der Waals surface area contributed by atoms with E-state index in [-0.39, 0.29) is 36.8 Å². The van der Waals surface area contributed by atoms with Crippen molar-refractivity contribution in [3.8, 4) is 17.1 Å². The fraction of sp³-hybridized carbons (Fsp3) is 0.429. The molecule has 2 aliphatic heterocycles. The van der Waals surface area contributed by atoms with Gasteiger partial charge in [0.25, 0.3) is 11.5 Å². The van der Waals surface area contributed by atoms with E-state index in [0.29, 0.717) is 71.9 Å². The van der Waals surface area contributed by atoms with Crippen LogP contribution in [0.5, 0.6) is 5.75 Å². The number of pyridine rings is 1. The Hall–Kier alpha value is -4.84. The molecule has 2 aliphatic rings. The number of ether oxygens (including phenoxy) is 2. The average Bonchev–Trinajstić information content (AvgIpc) is 3.57. The zero-order valence-electron chi connectivity index (χ0n) is 27.5. The number of carbonyl (C=O) groups is 2. The molecule has 0 spiro atoms. The maximum Gasteiger partial charge on any atom is 0.410 e. The van der Waals surface area contributed by atoms with Gasteiger partial charge in [0.15, 0.2) is 0 Å². The summed E-state index contributed by atoms with van der Waals surface area (Å²) in [4.78, 5) is 53.3. The van der Waals surface area contributed by atoms with Crippen LogP contribution in [0.4, 0.5) is 10.5 Å². The highest BCUT2D eigenvalue weighted by Crippen LogP contribution is 2.33. The van der Waals surface area contributed by atoms with Crippen LogP contribution in [0.2, 0.25) is 0 Å². The summed E-state index contributed by atoms with van der Waals surface area (Å²) < 4.78 is 11.3. The van der Waals surface area contributed by atoms with E-state index in [0.717, 1.165) is 16.7 Å². The third kappa shape index (κ3) is 6.97. The number of aromatic amines is 2. The van der Waals surface area contributed by atoms with Gasteiger partial charge in [-0.05, 0) is 82.9 Å². The number of fused-ring (bicyclic) bond motifs is 2. The lowest BCUT2D eigenvalue weighted by atomic mass is 10.0. The van der Waals surface area contributed by atoms with Crippen LogP contribution in [-0.2, 0) is 11.3 Å². The first kappa shape index (κ1) is 32.1. The van der Waals surface area contributed by atoms with Crippen LogP contribution >= 0.6 is 0 Å². The van der Waals surface area contributed by atoms with E-state index in [9.17, 15) is 19.5 Å². The van der Waals surface area contributed by atoms with Crippen LogP contribution < -0.4 is 15.6 Å². The van der Waals surface area contributed by atoms with E-state index < -0.39 is 11.7 Å². The van der Waals surface area contributed by atoms with Gasteiger partial charge in [0.05, 0.1) is 16.7 Å². The Morgan fingerprint density at radius 1 is 1.13 bits per heavy atom. The standard InChI is InChI=1S/C35H42N6O6/c1-20-6-7-29(21(2)14-20)46-19-24(42)17-37-26-8-11-36-32(43)30(26)31-38-27-15-22-18-41(33(44)25(22)16-28(27)39-31)23-9-12-40(13-10-23)34(45)47-35(3,4)5/h6-8,11,14-16,23-24,42H,9-10,12-13,17-19H2,1-5H3,(H,38,39)(H2,36,37,43). The quantitative estimate of drug-likeness (QED) is 0.215. The maximum atomic E-state index is 13.5. The van der Waals surface area contributed by atoms with Crippen LogP contribution in [0.25, 0.3) is 22.4 Å². The number of nitrogens with zero attached hydrogens (tertiary/aromatic N) is 3. The Labute approximate surface area is 273 Å². The van der Waals surface area contributed by atoms with Gasteiger partial charge < -0.3 is 39.7 Å². The van der Waals surface area contributed by atoms with E-state index in [1.165, 1.54) is 6.20 Å². The highest BCUT2D eigenvalue weighted by molar-refractivity contribution is 6.02. The predicted octanol–water partition coefficient (Wildman–Crippen LogP) is 4.74. The second-order valence-electron chi connectivity index (χ2n) is 13.5. The predicted molar refractivity (Wildman–Crippen MR) is 179 cm³/mol. The fourth-order valence-electron chi connectivity index (χ4n) is 6.24. The van der Waals surface area contributed by atoms with Gasteiger partial charge in [0, 0.05) is 44.0 Å². The minimum atomic E-state index is -0.833. The summed E-state index contributed by atoms with van der Waals surface area (Å²) in [6.07, 6.45) is 1.74. The van der Waals surface area contributed by atoms with Crippen molar-refractivity contribution in [2.75, 3.05) is 31.6 Å². The Kier molecular flexibility index (Phi) is 8.71. The molecule has 1 atom stereocenters. The molecule has 2 aromatic carbocycles. The molecule has 1 unspecified atom stereocenters. The molecule has 0 radical (unpaired) electrons. The number of likely N-dealkylation sites (tertiary alicyclic amines) is 1. The number of H-pyrrole nitrogens is 2. The van der Waals surface area contributed by atoms with Gasteiger partial charge >= 0.3 is 6.09 Å². The number of anilines is 1. The molecule has 0 bridgehead atoms. The normalized spacial score (nSPS) is 16.0. The molecule has 248 valence electrons. The minimum absolute atomic E-state index is 0.0219. The molecule has 12 heteroatoms. The van der Waals surface area contributed by atoms with Gasteiger partial charge in [0.2, 0.25) is 0 Å². The third-order valence-electron chi connectivity index (χ3n) is 8.58. The first-order valence-corrected chi connectivity index (χ1v) is 16.0. The number of benzene rings is 2. The number of piperidine rings is 1. The molecule has 12 nitrogen and oxygen atoms in total. The smallest absolute Gasteiger partial charge is 0.410 e. The van der Waals surface area contributed by atoms with Gasteiger partial charge in [-0.2, -0.15) is 0 Å². The number of hydrogen-bond acceptors (Lipinski definition) is 8. The van der Waals surface area contributed by atoms with Gasteiger partial charge in [-0.25, -0.2) is 9.78 Å². The summed E-state index contributed by atoms with van der Waals surface area (Å²) in [5.74, 6) is 1.01. The molecule has 2 aromatic heterocycles. The minimum Gasteiger partial charge on any atom is -0.491 e. The number of aliphatic hydroxyl groups excluding tert-OH is 1. The first-order valence-electron chi connectivity index (χ1n) is 16.0. The fourth-order valence-corrected chi connectivity index (χ4v) is 6.24. The third-order valence-corrected chi connectivity index (χ3v) is 8.58. The molecule has 0 saturated carbocycles. The molecule has 1 saturated heterocycles. The molecule has 4 heterocycles. The lowest BCUT2D eigenvalue weighted by molar-refractivity contribution is 0.0148. The topological polar surface area (TPSA) is 153 Å².